The van der Waals surface area contributed by atoms with Gasteiger partial charge in [0.2, 0.25) is 0 Å². The van der Waals surface area contributed by atoms with Crippen molar-refractivity contribution in [3.8, 4) is 5.75 Å². The lowest BCUT2D eigenvalue weighted by molar-refractivity contribution is 0.157. The van der Waals surface area contributed by atoms with Crippen LogP contribution in [0.1, 0.15) is 17.5 Å². The highest BCUT2D eigenvalue weighted by Gasteiger charge is 1.98. The Morgan fingerprint density at radius 2 is 2.14 bits per heavy atom. The second kappa shape index (κ2) is 5.62. The molecule has 0 heterocycles. The van der Waals surface area contributed by atoms with E-state index in [1.807, 2.05) is 19.9 Å². The summed E-state index contributed by atoms with van der Waals surface area (Å²) < 4.78 is 5.57. The Hall–Kier alpha value is -1.06. The molecule has 0 aliphatic carbocycles. The Morgan fingerprint density at radius 3 is 2.86 bits per heavy atom. The van der Waals surface area contributed by atoms with Crippen LogP contribution in [0.2, 0.25) is 0 Å². The second-order valence-electron chi connectivity index (χ2n) is 3.38. The van der Waals surface area contributed by atoms with Crippen molar-refractivity contribution < 1.29 is 9.94 Å². The van der Waals surface area contributed by atoms with Gasteiger partial charge in [0.25, 0.3) is 0 Å². The molecule has 0 atom stereocenters. The smallest absolute Gasteiger partial charge is 0.122 e. The Kier molecular flexibility index (Phi) is 4.43. The topological polar surface area (TPSA) is 41.5 Å². The Balaban J connectivity index is 2.45. The summed E-state index contributed by atoms with van der Waals surface area (Å²) in [5.41, 5.74) is 4.45. The number of hydrogen-bond donors (Lipinski definition) is 2. The van der Waals surface area contributed by atoms with Gasteiger partial charge in [0, 0.05) is 6.54 Å². The zero-order valence-corrected chi connectivity index (χ0v) is 8.71. The van der Waals surface area contributed by atoms with Gasteiger partial charge >= 0.3 is 0 Å². The lowest BCUT2D eigenvalue weighted by Crippen LogP contribution is -2.12. The maximum atomic E-state index is 8.36. The van der Waals surface area contributed by atoms with E-state index in [9.17, 15) is 0 Å². The van der Waals surface area contributed by atoms with Gasteiger partial charge in [-0.1, -0.05) is 12.1 Å². The molecule has 0 aliphatic heterocycles. The zero-order valence-electron chi connectivity index (χ0n) is 8.71. The minimum Gasteiger partial charge on any atom is -0.493 e. The second-order valence-corrected chi connectivity index (χ2v) is 3.38. The van der Waals surface area contributed by atoms with Crippen molar-refractivity contribution >= 4 is 0 Å². The molecule has 14 heavy (non-hydrogen) atoms. The Bertz CT molecular complexity index is 287. The number of aryl methyl sites for hydroxylation is 2. The molecule has 78 valence electrons. The van der Waals surface area contributed by atoms with Crippen molar-refractivity contribution in [1.82, 2.24) is 5.48 Å². The minimum atomic E-state index is 0.560. The molecule has 0 bridgehead atoms. The van der Waals surface area contributed by atoms with E-state index in [1.165, 1.54) is 5.56 Å². The van der Waals surface area contributed by atoms with Crippen LogP contribution in [0.5, 0.6) is 5.75 Å². The summed E-state index contributed by atoms with van der Waals surface area (Å²) in [6, 6.07) is 6.15. The molecule has 0 saturated carbocycles. The maximum absolute atomic E-state index is 8.36. The molecular formula is C11H17NO2. The molecule has 0 fully saturated rings. The van der Waals surface area contributed by atoms with Crippen molar-refractivity contribution in [2.24, 2.45) is 0 Å². The number of nitrogens with one attached hydrogen (secondary N) is 1. The molecule has 0 saturated heterocycles. The summed E-state index contributed by atoms with van der Waals surface area (Å²) in [7, 11) is 0. The number of hydrogen-bond acceptors (Lipinski definition) is 3. The number of benzene rings is 1. The molecule has 1 aromatic rings. The van der Waals surface area contributed by atoms with Gasteiger partial charge in [0.1, 0.15) is 5.75 Å². The Labute approximate surface area is 84.7 Å². The lowest BCUT2D eigenvalue weighted by atomic mass is 10.1. The van der Waals surface area contributed by atoms with Crippen LogP contribution >= 0.6 is 0 Å². The van der Waals surface area contributed by atoms with E-state index >= 15 is 0 Å². The van der Waals surface area contributed by atoms with E-state index in [-0.39, 0.29) is 0 Å². The zero-order chi connectivity index (χ0) is 10.4. The molecule has 1 aromatic carbocycles. The lowest BCUT2D eigenvalue weighted by Gasteiger charge is -2.09. The average Bonchev–Trinajstić information content (AvgIpc) is 2.18. The average molecular weight is 195 g/mol. The summed E-state index contributed by atoms with van der Waals surface area (Å²) in [6.07, 6.45) is 0.796. The molecule has 0 unspecified atom stereocenters. The molecule has 0 radical (unpaired) electrons. The Morgan fingerprint density at radius 1 is 1.36 bits per heavy atom. The molecule has 0 spiro atoms. The van der Waals surface area contributed by atoms with E-state index < -0.39 is 0 Å². The number of ether oxygens (including phenoxy) is 1. The van der Waals surface area contributed by atoms with Crippen molar-refractivity contribution in [2.75, 3.05) is 13.2 Å². The summed E-state index contributed by atoms with van der Waals surface area (Å²) in [6.45, 7) is 5.25. The fourth-order valence-corrected chi connectivity index (χ4v) is 1.20. The SMILES string of the molecule is Cc1ccc(C)c(OCCCNO)c1. The van der Waals surface area contributed by atoms with Crippen molar-refractivity contribution in [3.05, 3.63) is 29.3 Å². The van der Waals surface area contributed by atoms with Gasteiger partial charge in [-0.2, -0.15) is 0 Å². The highest BCUT2D eigenvalue weighted by Crippen LogP contribution is 2.18. The third-order valence-electron chi connectivity index (χ3n) is 2.03. The maximum Gasteiger partial charge on any atom is 0.122 e. The summed E-state index contributed by atoms with van der Waals surface area (Å²) in [5.74, 6) is 0.933. The third kappa shape index (κ3) is 3.36. The first-order chi connectivity index (χ1) is 6.74. The fraction of sp³-hybridized carbons (Fsp3) is 0.455. The summed E-state index contributed by atoms with van der Waals surface area (Å²) in [4.78, 5) is 0. The van der Waals surface area contributed by atoms with E-state index in [1.54, 1.807) is 0 Å². The first-order valence-corrected chi connectivity index (χ1v) is 4.81. The van der Waals surface area contributed by atoms with Crippen molar-refractivity contribution in [1.29, 1.82) is 0 Å². The van der Waals surface area contributed by atoms with Gasteiger partial charge < -0.3 is 9.94 Å². The standard InChI is InChI=1S/C11H17NO2/c1-9-4-5-10(2)11(8-9)14-7-3-6-12-13/h4-5,8,12-13H,3,6-7H2,1-2H3. The predicted octanol–water partition coefficient (Wildman–Crippen LogP) is 2.05. The highest BCUT2D eigenvalue weighted by molar-refractivity contribution is 5.35. The van der Waals surface area contributed by atoms with Crippen molar-refractivity contribution in [2.45, 2.75) is 20.3 Å². The van der Waals surface area contributed by atoms with Crippen LogP contribution in [-0.2, 0) is 0 Å². The van der Waals surface area contributed by atoms with Crippen LogP contribution in [-0.4, -0.2) is 18.4 Å². The first kappa shape index (κ1) is 11.0. The fourth-order valence-electron chi connectivity index (χ4n) is 1.20. The monoisotopic (exact) mass is 195 g/mol. The van der Waals surface area contributed by atoms with E-state index in [0.29, 0.717) is 13.2 Å². The van der Waals surface area contributed by atoms with E-state index in [4.69, 9.17) is 9.94 Å². The summed E-state index contributed by atoms with van der Waals surface area (Å²) in [5, 5.41) is 8.36. The van der Waals surface area contributed by atoms with E-state index in [2.05, 4.69) is 17.6 Å². The molecule has 3 nitrogen and oxygen atoms in total. The van der Waals surface area contributed by atoms with Crippen LogP contribution < -0.4 is 10.2 Å². The van der Waals surface area contributed by atoms with Crippen LogP contribution in [0.4, 0.5) is 0 Å². The van der Waals surface area contributed by atoms with Gasteiger partial charge in [-0.05, 0) is 37.5 Å². The largest absolute Gasteiger partial charge is 0.493 e. The van der Waals surface area contributed by atoms with Crippen molar-refractivity contribution in [3.63, 3.8) is 0 Å². The van der Waals surface area contributed by atoms with E-state index in [0.717, 1.165) is 17.7 Å². The van der Waals surface area contributed by atoms with Crippen LogP contribution in [0.15, 0.2) is 18.2 Å². The molecule has 0 aromatic heterocycles. The predicted molar refractivity (Wildman–Crippen MR) is 55.8 cm³/mol. The normalized spacial score (nSPS) is 10.2. The van der Waals surface area contributed by atoms with Gasteiger partial charge in [0.15, 0.2) is 0 Å². The molecular weight excluding hydrogens is 178 g/mol. The quantitative estimate of drug-likeness (QED) is 0.558. The first-order valence-electron chi connectivity index (χ1n) is 4.81. The molecule has 3 heteroatoms. The molecule has 2 N–H and O–H groups in total. The highest BCUT2D eigenvalue weighted by atomic mass is 16.5. The van der Waals surface area contributed by atoms with Gasteiger partial charge in [-0.25, -0.2) is 5.48 Å². The molecule has 0 amide bonds. The molecule has 1 rings (SSSR count). The van der Waals surface area contributed by atoms with Gasteiger partial charge in [-0.3, -0.25) is 0 Å². The third-order valence-corrected chi connectivity index (χ3v) is 2.03. The molecule has 0 aliphatic rings. The van der Waals surface area contributed by atoms with Gasteiger partial charge in [-0.15, -0.1) is 0 Å². The van der Waals surface area contributed by atoms with Crippen LogP contribution in [0.3, 0.4) is 0 Å². The van der Waals surface area contributed by atoms with Crippen LogP contribution in [0, 0.1) is 13.8 Å². The minimum absolute atomic E-state index is 0.560. The number of rotatable bonds is 5. The van der Waals surface area contributed by atoms with Crippen LogP contribution in [0.25, 0.3) is 0 Å². The summed E-state index contributed by atoms with van der Waals surface area (Å²) >= 11 is 0. The number of hydroxylamine groups is 1. The van der Waals surface area contributed by atoms with Gasteiger partial charge in [0.05, 0.1) is 6.61 Å².